The first-order chi connectivity index (χ1) is 9.29. The average molecular weight is 290 g/mol. The Hall–Kier alpha value is -1.96. The fourth-order valence-corrected chi connectivity index (χ4v) is 1.55. The molecule has 8 heteroatoms. The number of alkyl halides is 3. The van der Waals surface area contributed by atoms with Crippen molar-refractivity contribution in [3.05, 3.63) is 36.0 Å². The van der Waals surface area contributed by atoms with E-state index in [1.54, 1.807) is 0 Å². The van der Waals surface area contributed by atoms with E-state index in [0.29, 0.717) is 5.56 Å². The quantitative estimate of drug-likeness (QED) is 0.883. The van der Waals surface area contributed by atoms with Crippen molar-refractivity contribution in [2.45, 2.75) is 25.1 Å². The molecule has 108 valence electrons. The van der Waals surface area contributed by atoms with Gasteiger partial charge < -0.3 is 9.63 Å². The van der Waals surface area contributed by atoms with Gasteiger partial charge in [-0.15, -0.1) is 0 Å². The molecule has 0 aliphatic heterocycles. The fraction of sp³-hybridized carbons (Fsp3) is 0.333. The predicted molar refractivity (Wildman–Crippen MR) is 60.2 cm³/mol. The van der Waals surface area contributed by atoms with E-state index < -0.39 is 24.0 Å². The molecular weight excluding hydrogens is 280 g/mol. The van der Waals surface area contributed by atoms with Crippen molar-refractivity contribution in [2.75, 3.05) is 0 Å². The maximum absolute atomic E-state index is 12.8. The van der Waals surface area contributed by atoms with Crippen LogP contribution in [-0.4, -0.2) is 27.5 Å². The Kier molecular flexibility index (Phi) is 3.76. The van der Waals surface area contributed by atoms with Gasteiger partial charge in [0.15, 0.2) is 6.10 Å². The summed E-state index contributed by atoms with van der Waals surface area (Å²) in [6.07, 6.45) is -7.37. The second-order valence-electron chi connectivity index (χ2n) is 4.24. The highest BCUT2D eigenvalue weighted by Crippen LogP contribution is 2.31. The molecule has 2 unspecified atom stereocenters. The van der Waals surface area contributed by atoms with Crippen molar-refractivity contribution >= 4 is 0 Å². The van der Waals surface area contributed by atoms with Gasteiger partial charge in [-0.2, -0.15) is 18.2 Å². The summed E-state index contributed by atoms with van der Waals surface area (Å²) in [7, 11) is 0. The normalized spacial score (nSPS) is 15.1. The monoisotopic (exact) mass is 290 g/mol. The zero-order valence-electron chi connectivity index (χ0n) is 10.2. The summed E-state index contributed by atoms with van der Waals surface area (Å²) in [4.78, 5) is 3.78. The highest BCUT2D eigenvalue weighted by atomic mass is 19.4. The highest BCUT2D eigenvalue weighted by Gasteiger charge is 2.44. The molecule has 1 heterocycles. The van der Waals surface area contributed by atoms with Crippen LogP contribution in [0.2, 0.25) is 0 Å². The Morgan fingerprint density at radius 1 is 1.20 bits per heavy atom. The standard InChI is InChI=1S/C12H10F4N2O2/c1-6(9(19)12(14,15)16)11-17-10(18-20-11)7-2-4-8(13)5-3-7/h2-6,9,19H,1H3. The van der Waals surface area contributed by atoms with E-state index in [1.807, 2.05) is 0 Å². The van der Waals surface area contributed by atoms with Crippen molar-refractivity contribution < 1.29 is 27.2 Å². The summed E-state index contributed by atoms with van der Waals surface area (Å²) in [5.74, 6) is -2.16. The molecule has 0 saturated heterocycles. The summed E-state index contributed by atoms with van der Waals surface area (Å²) in [5.41, 5.74) is 0.398. The molecular formula is C12H10F4N2O2. The smallest absolute Gasteiger partial charge is 0.383 e. The molecule has 2 atom stereocenters. The van der Waals surface area contributed by atoms with Gasteiger partial charge in [0.25, 0.3) is 0 Å². The lowest BCUT2D eigenvalue weighted by Gasteiger charge is -2.17. The van der Waals surface area contributed by atoms with E-state index in [4.69, 9.17) is 9.63 Å². The number of aliphatic hydroxyl groups is 1. The second kappa shape index (κ2) is 5.20. The van der Waals surface area contributed by atoms with Gasteiger partial charge >= 0.3 is 6.18 Å². The van der Waals surface area contributed by atoms with Gasteiger partial charge in [0.1, 0.15) is 5.82 Å². The highest BCUT2D eigenvalue weighted by molar-refractivity contribution is 5.53. The van der Waals surface area contributed by atoms with Crippen molar-refractivity contribution in [3.63, 3.8) is 0 Å². The van der Waals surface area contributed by atoms with Crippen LogP contribution in [0.15, 0.2) is 28.8 Å². The average Bonchev–Trinajstić information content (AvgIpc) is 2.86. The molecule has 0 fully saturated rings. The molecule has 0 spiro atoms. The molecule has 0 aliphatic carbocycles. The van der Waals surface area contributed by atoms with Crippen LogP contribution < -0.4 is 0 Å². The number of benzene rings is 1. The van der Waals surface area contributed by atoms with Crippen molar-refractivity contribution in [2.24, 2.45) is 0 Å². The van der Waals surface area contributed by atoms with Crippen LogP contribution in [0.1, 0.15) is 18.7 Å². The molecule has 2 aromatic rings. The number of hydrogen-bond donors (Lipinski definition) is 1. The third-order valence-electron chi connectivity index (χ3n) is 2.74. The molecule has 2 rings (SSSR count). The van der Waals surface area contributed by atoms with Crippen LogP contribution in [0.25, 0.3) is 11.4 Å². The molecule has 0 radical (unpaired) electrons. The Balaban J connectivity index is 2.23. The van der Waals surface area contributed by atoms with Gasteiger partial charge in [0.2, 0.25) is 11.7 Å². The maximum atomic E-state index is 12.8. The maximum Gasteiger partial charge on any atom is 0.415 e. The summed E-state index contributed by atoms with van der Waals surface area (Å²) in [5, 5.41) is 12.6. The predicted octanol–water partition coefficient (Wildman–Crippen LogP) is 2.90. The van der Waals surface area contributed by atoms with Gasteiger partial charge in [-0.3, -0.25) is 0 Å². The number of hydrogen-bond acceptors (Lipinski definition) is 4. The zero-order chi connectivity index (χ0) is 14.9. The number of nitrogens with zero attached hydrogens (tertiary/aromatic N) is 2. The molecule has 1 N–H and O–H groups in total. The van der Waals surface area contributed by atoms with E-state index in [2.05, 4.69) is 10.1 Å². The third kappa shape index (κ3) is 2.96. The SMILES string of the molecule is CC(c1nc(-c2ccc(F)cc2)no1)C(O)C(F)(F)F. The van der Waals surface area contributed by atoms with Crippen molar-refractivity contribution in [1.82, 2.24) is 10.1 Å². The van der Waals surface area contributed by atoms with Crippen LogP contribution in [-0.2, 0) is 0 Å². The van der Waals surface area contributed by atoms with E-state index in [-0.39, 0.29) is 11.7 Å². The van der Waals surface area contributed by atoms with E-state index in [9.17, 15) is 17.6 Å². The summed E-state index contributed by atoms with van der Waals surface area (Å²) < 4.78 is 54.6. The van der Waals surface area contributed by atoms with E-state index >= 15 is 0 Å². The summed E-state index contributed by atoms with van der Waals surface area (Å²) >= 11 is 0. The Morgan fingerprint density at radius 2 is 1.80 bits per heavy atom. The largest absolute Gasteiger partial charge is 0.415 e. The molecule has 4 nitrogen and oxygen atoms in total. The molecule has 20 heavy (non-hydrogen) atoms. The topological polar surface area (TPSA) is 59.2 Å². The lowest BCUT2D eigenvalue weighted by molar-refractivity contribution is -0.210. The van der Waals surface area contributed by atoms with Gasteiger partial charge in [-0.25, -0.2) is 4.39 Å². The lowest BCUT2D eigenvalue weighted by Crippen LogP contribution is -2.33. The molecule has 1 aromatic heterocycles. The minimum atomic E-state index is -4.77. The third-order valence-corrected chi connectivity index (χ3v) is 2.74. The van der Waals surface area contributed by atoms with Crippen LogP contribution in [0.4, 0.5) is 17.6 Å². The second-order valence-corrected chi connectivity index (χ2v) is 4.24. The first kappa shape index (κ1) is 14.4. The molecule has 0 amide bonds. The van der Waals surface area contributed by atoms with E-state index in [0.717, 1.165) is 6.92 Å². The summed E-state index contributed by atoms with van der Waals surface area (Å²) in [6, 6.07) is 5.07. The van der Waals surface area contributed by atoms with Crippen LogP contribution >= 0.6 is 0 Å². The minimum absolute atomic E-state index is 0.0289. The lowest BCUT2D eigenvalue weighted by atomic mass is 10.0. The first-order valence-corrected chi connectivity index (χ1v) is 5.63. The number of aliphatic hydroxyl groups excluding tert-OH is 1. The molecule has 0 saturated carbocycles. The molecule has 1 aromatic carbocycles. The number of rotatable bonds is 3. The molecule has 0 aliphatic rings. The Morgan fingerprint density at radius 3 is 2.35 bits per heavy atom. The van der Waals surface area contributed by atoms with E-state index in [1.165, 1.54) is 24.3 Å². The Bertz CT molecular complexity index is 580. The van der Waals surface area contributed by atoms with Gasteiger partial charge in [-0.1, -0.05) is 12.1 Å². The van der Waals surface area contributed by atoms with Gasteiger partial charge in [0, 0.05) is 5.56 Å². The van der Waals surface area contributed by atoms with Crippen molar-refractivity contribution in [3.8, 4) is 11.4 Å². The number of halogens is 4. The minimum Gasteiger partial charge on any atom is -0.383 e. The van der Waals surface area contributed by atoms with Crippen molar-refractivity contribution in [1.29, 1.82) is 0 Å². The fourth-order valence-electron chi connectivity index (χ4n) is 1.55. The summed E-state index contributed by atoms with van der Waals surface area (Å²) in [6.45, 7) is 1.13. The van der Waals surface area contributed by atoms with Gasteiger partial charge in [-0.05, 0) is 24.3 Å². The van der Waals surface area contributed by atoms with Gasteiger partial charge in [0.05, 0.1) is 5.92 Å². The number of aromatic nitrogens is 2. The van der Waals surface area contributed by atoms with Crippen LogP contribution in [0.3, 0.4) is 0 Å². The van der Waals surface area contributed by atoms with Crippen LogP contribution in [0, 0.1) is 5.82 Å². The first-order valence-electron chi connectivity index (χ1n) is 5.63. The molecule has 0 bridgehead atoms. The zero-order valence-corrected chi connectivity index (χ0v) is 10.2. The Labute approximate surface area is 111 Å². The van der Waals surface area contributed by atoms with Crippen LogP contribution in [0.5, 0.6) is 0 Å².